The van der Waals surface area contributed by atoms with Crippen LogP contribution in [0.1, 0.15) is 45.3 Å². The number of piperazine rings is 1. The van der Waals surface area contributed by atoms with Crippen molar-refractivity contribution in [2.75, 3.05) is 43.4 Å². The highest BCUT2D eigenvalue weighted by molar-refractivity contribution is 6.00. The normalized spacial score (nSPS) is 15.5. The topological polar surface area (TPSA) is 192 Å². The minimum atomic E-state index is -1.19. The quantitative estimate of drug-likeness (QED) is 0.329. The fourth-order valence-corrected chi connectivity index (χ4v) is 4.89. The van der Waals surface area contributed by atoms with Crippen LogP contribution < -0.4 is 10.6 Å². The minimum Gasteiger partial charge on any atom is -0.479 e. The van der Waals surface area contributed by atoms with E-state index in [1.165, 1.54) is 11.2 Å². The molecule has 1 aliphatic heterocycles. The summed E-state index contributed by atoms with van der Waals surface area (Å²) in [5, 5.41) is 18.6. The maximum Gasteiger partial charge on any atom is 0.410 e. The standard InChI is InChI=1S/C26H30N10O5.ClH/c1-26(2,3)36-24-18(22(27)30-13-31-24)19(32-36)20-17(21(41-33-20)14-4-5-14)23-28-10-15(11-29-23)34-6-8-35(9-7-34)25(39)40-12-16(37)38;/h10-11,13-14H,4-9,12H2,1-3H3,(H,37,38)(H2,27,30,31);1H. The molecule has 2 aliphatic rings. The number of carboxylic acid groups (broad SMARTS) is 1. The molecule has 0 atom stereocenters. The summed E-state index contributed by atoms with van der Waals surface area (Å²) in [6.07, 6.45) is 6.22. The van der Waals surface area contributed by atoms with Gasteiger partial charge < -0.3 is 29.9 Å². The molecule has 15 nitrogen and oxygen atoms in total. The SMILES string of the molecule is CC(C)(C)n1nc(-c2noc(C3CC3)c2-c2ncc(N3CCN(C(=O)OCC(=O)O)CC3)cn2)c2c(N)ncnc21.Cl. The number of nitrogens with two attached hydrogens (primary N) is 1. The van der Waals surface area contributed by atoms with Gasteiger partial charge in [0.2, 0.25) is 0 Å². The minimum absolute atomic E-state index is 0. The molecule has 1 saturated heterocycles. The van der Waals surface area contributed by atoms with E-state index in [2.05, 4.69) is 20.0 Å². The molecule has 0 spiro atoms. The zero-order chi connectivity index (χ0) is 28.9. The molecule has 0 radical (unpaired) electrons. The number of carboxylic acids is 1. The molecule has 42 heavy (non-hydrogen) atoms. The van der Waals surface area contributed by atoms with Gasteiger partial charge in [-0.15, -0.1) is 12.4 Å². The maximum atomic E-state index is 12.1. The average molecular weight is 599 g/mol. The van der Waals surface area contributed by atoms with Gasteiger partial charge in [0.1, 0.15) is 23.5 Å². The lowest BCUT2D eigenvalue weighted by Crippen LogP contribution is -2.49. The number of anilines is 2. The molecule has 6 rings (SSSR count). The summed E-state index contributed by atoms with van der Waals surface area (Å²) in [5.74, 6) is 0.507. The Balaban J connectivity index is 0.00000353. The highest BCUT2D eigenvalue weighted by Crippen LogP contribution is 2.48. The number of carbonyl (C=O) groups is 2. The molecule has 1 amide bonds. The van der Waals surface area contributed by atoms with Crippen LogP contribution in [0.5, 0.6) is 0 Å². The monoisotopic (exact) mass is 598 g/mol. The molecule has 4 aromatic heterocycles. The van der Waals surface area contributed by atoms with Crippen molar-refractivity contribution in [2.45, 2.75) is 45.1 Å². The van der Waals surface area contributed by atoms with Crippen molar-refractivity contribution < 1.29 is 24.0 Å². The van der Waals surface area contributed by atoms with Crippen LogP contribution >= 0.6 is 12.4 Å². The predicted molar refractivity (Wildman–Crippen MR) is 153 cm³/mol. The van der Waals surface area contributed by atoms with E-state index in [-0.39, 0.29) is 23.9 Å². The first-order valence-electron chi connectivity index (χ1n) is 13.3. The van der Waals surface area contributed by atoms with Crippen LogP contribution in [-0.2, 0) is 15.1 Å². The zero-order valence-electron chi connectivity index (χ0n) is 23.3. The van der Waals surface area contributed by atoms with Crippen LogP contribution in [0.4, 0.5) is 16.3 Å². The van der Waals surface area contributed by atoms with Gasteiger partial charge in [-0.2, -0.15) is 5.10 Å². The lowest BCUT2D eigenvalue weighted by Gasteiger charge is -2.35. The zero-order valence-corrected chi connectivity index (χ0v) is 24.2. The van der Waals surface area contributed by atoms with E-state index < -0.39 is 18.7 Å². The van der Waals surface area contributed by atoms with Crippen molar-refractivity contribution in [3.05, 3.63) is 24.5 Å². The summed E-state index contributed by atoms with van der Waals surface area (Å²) in [6.45, 7) is 7.24. The summed E-state index contributed by atoms with van der Waals surface area (Å²) in [7, 11) is 0. The van der Waals surface area contributed by atoms with E-state index >= 15 is 0 Å². The Labute approximate surface area is 246 Å². The van der Waals surface area contributed by atoms with E-state index in [0.29, 0.717) is 65.8 Å². The number of aliphatic carboxylic acids is 1. The number of fused-ring (bicyclic) bond motifs is 1. The number of rotatable bonds is 6. The maximum absolute atomic E-state index is 12.1. The van der Waals surface area contributed by atoms with E-state index in [1.54, 1.807) is 12.4 Å². The number of halogens is 1. The first-order chi connectivity index (χ1) is 19.6. The third-order valence-electron chi connectivity index (χ3n) is 7.10. The molecular formula is C26H31ClN10O5. The van der Waals surface area contributed by atoms with Crippen molar-refractivity contribution in [3.63, 3.8) is 0 Å². The fourth-order valence-electron chi connectivity index (χ4n) is 4.89. The van der Waals surface area contributed by atoms with Crippen LogP contribution in [0, 0.1) is 0 Å². The van der Waals surface area contributed by atoms with Gasteiger partial charge in [0, 0.05) is 32.1 Å². The van der Waals surface area contributed by atoms with E-state index in [1.807, 2.05) is 25.5 Å². The van der Waals surface area contributed by atoms with Crippen LogP contribution in [0.2, 0.25) is 0 Å². The van der Waals surface area contributed by atoms with E-state index in [4.69, 9.17) is 35.2 Å². The fraction of sp³-hybridized carbons (Fsp3) is 0.462. The summed E-state index contributed by atoms with van der Waals surface area (Å²) in [4.78, 5) is 44.3. The van der Waals surface area contributed by atoms with Crippen LogP contribution in [0.25, 0.3) is 33.8 Å². The van der Waals surface area contributed by atoms with Gasteiger partial charge in [-0.25, -0.2) is 34.2 Å². The summed E-state index contributed by atoms with van der Waals surface area (Å²) < 4.78 is 12.5. The Morgan fingerprint density at radius 2 is 1.76 bits per heavy atom. The molecule has 5 heterocycles. The molecule has 1 aliphatic carbocycles. The third-order valence-corrected chi connectivity index (χ3v) is 7.10. The van der Waals surface area contributed by atoms with Gasteiger partial charge in [0.15, 0.2) is 23.8 Å². The molecule has 0 unspecified atom stereocenters. The lowest BCUT2D eigenvalue weighted by atomic mass is 10.1. The Hall–Kier alpha value is -4.53. The molecule has 4 aromatic rings. The van der Waals surface area contributed by atoms with E-state index in [0.717, 1.165) is 24.3 Å². The number of ether oxygens (including phenoxy) is 1. The van der Waals surface area contributed by atoms with Crippen LogP contribution in [-0.4, -0.2) is 89.7 Å². The second-order valence-corrected chi connectivity index (χ2v) is 11.1. The van der Waals surface area contributed by atoms with Crippen molar-refractivity contribution in [3.8, 4) is 22.8 Å². The van der Waals surface area contributed by atoms with Crippen molar-refractivity contribution in [2.24, 2.45) is 0 Å². The molecular weight excluding hydrogens is 568 g/mol. The summed E-state index contributed by atoms with van der Waals surface area (Å²) in [5.41, 5.74) is 9.01. The van der Waals surface area contributed by atoms with Gasteiger partial charge in [-0.3, -0.25) is 0 Å². The molecule has 0 bridgehead atoms. The Kier molecular flexibility index (Phi) is 7.62. The largest absolute Gasteiger partial charge is 0.479 e. The number of nitrogen functional groups attached to an aromatic ring is 1. The Morgan fingerprint density at radius 3 is 2.38 bits per heavy atom. The summed E-state index contributed by atoms with van der Waals surface area (Å²) >= 11 is 0. The Bertz CT molecular complexity index is 1620. The van der Waals surface area contributed by atoms with Gasteiger partial charge in [0.25, 0.3) is 0 Å². The van der Waals surface area contributed by atoms with Crippen molar-refractivity contribution in [1.82, 2.24) is 39.8 Å². The van der Waals surface area contributed by atoms with Gasteiger partial charge in [0.05, 0.1) is 34.6 Å². The predicted octanol–water partition coefficient (Wildman–Crippen LogP) is 2.92. The van der Waals surface area contributed by atoms with Crippen LogP contribution in [0.3, 0.4) is 0 Å². The second kappa shape index (κ2) is 11.0. The number of aromatic nitrogens is 7. The number of hydrogen-bond donors (Lipinski definition) is 2. The molecule has 0 aromatic carbocycles. The summed E-state index contributed by atoms with van der Waals surface area (Å²) in [6, 6.07) is 0. The number of amides is 1. The lowest BCUT2D eigenvalue weighted by molar-refractivity contribution is -0.140. The highest BCUT2D eigenvalue weighted by atomic mass is 35.5. The molecule has 1 saturated carbocycles. The third kappa shape index (κ3) is 5.38. The first kappa shape index (κ1) is 29.0. The van der Waals surface area contributed by atoms with Gasteiger partial charge in [-0.05, 0) is 33.6 Å². The van der Waals surface area contributed by atoms with Gasteiger partial charge in [-0.1, -0.05) is 5.16 Å². The molecule has 16 heteroatoms. The molecule has 3 N–H and O–H groups in total. The van der Waals surface area contributed by atoms with Gasteiger partial charge >= 0.3 is 12.1 Å². The van der Waals surface area contributed by atoms with Crippen molar-refractivity contribution >= 4 is 47.0 Å². The van der Waals surface area contributed by atoms with E-state index in [9.17, 15) is 9.59 Å². The first-order valence-corrected chi connectivity index (χ1v) is 13.3. The number of nitrogens with zero attached hydrogens (tertiary/aromatic N) is 9. The molecule has 222 valence electrons. The Morgan fingerprint density at radius 1 is 1.07 bits per heavy atom. The second-order valence-electron chi connectivity index (χ2n) is 11.1. The number of carbonyl (C=O) groups excluding carboxylic acids is 1. The number of hydrogen-bond acceptors (Lipinski definition) is 12. The average Bonchev–Trinajstić information content (AvgIpc) is 3.57. The molecule has 2 fully saturated rings. The smallest absolute Gasteiger partial charge is 0.410 e. The van der Waals surface area contributed by atoms with Crippen LogP contribution in [0.15, 0.2) is 23.2 Å². The van der Waals surface area contributed by atoms with Crippen molar-refractivity contribution in [1.29, 1.82) is 0 Å². The highest BCUT2D eigenvalue weighted by Gasteiger charge is 2.36.